The monoisotopic (exact) mass is 290 g/mol. The molecular weight excluding hydrogens is 268 g/mol. The van der Waals surface area contributed by atoms with E-state index in [1.807, 2.05) is 6.92 Å². The largest absolute Gasteiger partial charge is 0.478 e. The number of hydrogen-bond acceptors (Lipinski definition) is 3. The zero-order valence-electron chi connectivity index (χ0n) is 12.7. The molecule has 0 amide bonds. The molecule has 2 rings (SSSR count). The second-order valence-corrected chi connectivity index (χ2v) is 5.59. The summed E-state index contributed by atoms with van der Waals surface area (Å²) in [7, 11) is 0. The second-order valence-electron chi connectivity index (χ2n) is 5.59. The number of aromatic nitrogens is 2. The third kappa shape index (κ3) is 3.24. The van der Waals surface area contributed by atoms with Crippen LogP contribution in [-0.2, 0) is 6.42 Å². The van der Waals surface area contributed by atoms with Gasteiger partial charge in [-0.1, -0.05) is 6.92 Å². The number of fused-ring (bicyclic) bond motifs is 1. The number of nitrogens with zero attached hydrogens (tertiary/aromatic N) is 2. The lowest BCUT2D eigenvalue weighted by Gasteiger charge is -2.19. The molecule has 1 heterocycles. The van der Waals surface area contributed by atoms with Crippen molar-refractivity contribution in [3.8, 4) is 0 Å². The number of aliphatic hydroxyl groups is 1. The first kappa shape index (κ1) is 15.5. The fraction of sp³-hybridized carbons (Fsp3) is 0.500. The van der Waals surface area contributed by atoms with Gasteiger partial charge in [0.25, 0.3) is 0 Å². The topological polar surface area (TPSA) is 75.3 Å². The van der Waals surface area contributed by atoms with Crippen LogP contribution >= 0.6 is 0 Å². The fourth-order valence-electron chi connectivity index (χ4n) is 2.77. The van der Waals surface area contributed by atoms with E-state index in [1.165, 1.54) is 0 Å². The normalized spacial score (nSPS) is 14.3. The van der Waals surface area contributed by atoms with Gasteiger partial charge in [-0.05, 0) is 44.9 Å². The summed E-state index contributed by atoms with van der Waals surface area (Å²) in [6.45, 7) is 5.88. The molecule has 2 atom stereocenters. The highest BCUT2D eigenvalue weighted by Crippen LogP contribution is 2.26. The number of carbonyl (C=O) groups is 1. The number of carboxylic acids is 1. The molecule has 0 aliphatic carbocycles. The Labute approximate surface area is 124 Å². The number of rotatable bonds is 6. The van der Waals surface area contributed by atoms with Crippen molar-refractivity contribution in [3.63, 3.8) is 0 Å². The number of carboxylic acid groups (broad SMARTS) is 1. The van der Waals surface area contributed by atoms with Crippen molar-refractivity contribution in [3.05, 3.63) is 29.6 Å². The van der Waals surface area contributed by atoms with E-state index in [0.717, 1.165) is 29.7 Å². The molecule has 0 fully saturated rings. The van der Waals surface area contributed by atoms with E-state index >= 15 is 0 Å². The molecule has 0 saturated heterocycles. The summed E-state index contributed by atoms with van der Waals surface area (Å²) in [5.74, 6) is 0.00746. The van der Waals surface area contributed by atoms with Gasteiger partial charge in [-0.25, -0.2) is 9.78 Å². The first-order valence-corrected chi connectivity index (χ1v) is 7.36. The number of benzene rings is 1. The van der Waals surface area contributed by atoms with E-state index in [4.69, 9.17) is 5.11 Å². The van der Waals surface area contributed by atoms with Crippen LogP contribution in [-0.4, -0.2) is 31.8 Å². The summed E-state index contributed by atoms with van der Waals surface area (Å²) in [5.41, 5.74) is 1.89. The Balaban J connectivity index is 2.58. The maximum absolute atomic E-state index is 11.2. The van der Waals surface area contributed by atoms with Crippen molar-refractivity contribution in [1.29, 1.82) is 0 Å². The van der Waals surface area contributed by atoms with Crippen LogP contribution in [0.2, 0.25) is 0 Å². The highest BCUT2D eigenvalue weighted by atomic mass is 16.4. The highest BCUT2D eigenvalue weighted by Gasteiger charge is 2.18. The minimum Gasteiger partial charge on any atom is -0.478 e. The lowest BCUT2D eigenvalue weighted by Crippen LogP contribution is -2.15. The number of hydrogen-bond donors (Lipinski definition) is 2. The summed E-state index contributed by atoms with van der Waals surface area (Å²) < 4.78 is 2.07. The first-order chi connectivity index (χ1) is 9.93. The number of imidazole rings is 1. The average molecular weight is 290 g/mol. The van der Waals surface area contributed by atoms with Gasteiger partial charge in [0.15, 0.2) is 0 Å². The van der Waals surface area contributed by atoms with Crippen LogP contribution in [0.3, 0.4) is 0 Å². The molecule has 114 valence electrons. The van der Waals surface area contributed by atoms with E-state index in [-0.39, 0.29) is 11.6 Å². The molecule has 2 unspecified atom stereocenters. The molecule has 5 nitrogen and oxygen atoms in total. The summed E-state index contributed by atoms with van der Waals surface area (Å²) in [6, 6.07) is 5.07. The summed E-state index contributed by atoms with van der Waals surface area (Å²) in [4.78, 5) is 15.8. The van der Waals surface area contributed by atoms with Crippen molar-refractivity contribution in [2.24, 2.45) is 0 Å². The van der Waals surface area contributed by atoms with Crippen LogP contribution in [0, 0.1) is 0 Å². The van der Waals surface area contributed by atoms with Crippen LogP contribution in [0.15, 0.2) is 18.2 Å². The molecule has 0 aliphatic rings. The molecule has 5 heteroatoms. The molecule has 1 aromatic heterocycles. The molecule has 0 saturated carbocycles. The van der Waals surface area contributed by atoms with E-state index in [0.29, 0.717) is 6.42 Å². The predicted octanol–water partition coefficient (Wildman–Crippen LogP) is 3.02. The maximum atomic E-state index is 11.2. The lowest BCUT2D eigenvalue weighted by atomic mass is 10.1. The van der Waals surface area contributed by atoms with Gasteiger partial charge in [0, 0.05) is 12.5 Å². The SMILES string of the molecule is CCCc1nc2ccc(C(=O)O)cc2n1C(C)CC(C)O. The standard InChI is InChI=1S/C16H22N2O3/c1-4-5-15-17-13-7-6-12(16(20)21)9-14(13)18(15)10(2)8-11(3)19/h6-7,9-11,19H,4-5,8H2,1-3H3,(H,20,21). The molecular formula is C16H22N2O3. The molecule has 0 aliphatic heterocycles. The lowest BCUT2D eigenvalue weighted by molar-refractivity contribution is 0.0697. The Morgan fingerprint density at radius 1 is 1.38 bits per heavy atom. The zero-order chi connectivity index (χ0) is 15.6. The molecule has 2 aromatic rings. The second kappa shape index (κ2) is 6.26. The first-order valence-electron chi connectivity index (χ1n) is 7.36. The molecule has 1 aromatic carbocycles. The predicted molar refractivity (Wildman–Crippen MR) is 81.7 cm³/mol. The quantitative estimate of drug-likeness (QED) is 0.857. The Morgan fingerprint density at radius 3 is 2.67 bits per heavy atom. The highest BCUT2D eigenvalue weighted by molar-refractivity contribution is 5.92. The van der Waals surface area contributed by atoms with Gasteiger partial charge in [0.2, 0.25) is 0 Å². The number of aliphatic hydroxyl groups excluding tert-OH is 1. The van der Waals surface area contributed by atoms with Gasteiger partial charge in [-0.15, -0.1) is 0 Å². The Kier molecular flexibility index (Phi) is 4.63. The van der Waals surface area contributed by atoms with Gasteiger partial charge in [-0.3, -0.25) is 0 Å². The van der Waals surface area contributed by atoms with Gasteiger partial charge in [0.1, 0.15) is 5.82 Å². The van der Waals surface area contributed by atoms with Crippen LogP contribution in [0.1, 0.15) is 55.8 Å². The van der Waals surface area contributed by atoms with Gasteiger partial charge in [0.05, 0.1) is 22.7 Å². The van der Waals surface area contributed by atoms with E-state index in [2.05, 4.69) is 16.5 Å². The van der Waals surface area contributed by atoms with Gasteiger partial charge in [-0.2, -0.15) is 0 Å². The van der Waals surface area contributed by atoms with Crippen molar-refractivity contribution in [1.82, 2.24) is 9.55 Å². The van der Waals surface area contributed by atoms with Crippen LogP contribution in [0.25, 0.3) is 11.0 Å². The smallest absolute Gasteiger partial charge is 0.335 e. The van der Waals surface area contributed by atoms with Crippen molar-refractivity contribution in [2.45, 2.75) is 52.2 Å². The zero-order valence-corrected chi connectivity index (χ0v) is 12.7. The number of aryl methyl sites for hydroxylation is 1. The van der Waals surface area contributed by atoms with Crippen molar-refractivity contribution >= 4 is 17.0 Å². The Hall–Kier alpha value is -1.88. The van der Waals surface area contributed by atoms with Gasteiger partial charge >= 0.3 is 5.97 Å². The van der Waals surface area contributed by atoms with Crippen molar-refractivity contribution < 1.29 is 15.0 Å². The van der Waals surface area contributed by atoms with Crippen LogP contribution in [0.4, 0.5) is 0 Å². The molecule has 0 spiro atoms. The minimum atomic E-state index is -0.940. The molecule has 2 N–H and O–H groups in total. The number of aromatic carboxylic acids is 1. The van der Waals surface area contributed by atoms with E-state index in [9.17, 15) is 9.90 Å². The molecule has 0 bridgehead atoms. The molecule has 0 radical (unpaired) electrons. The third-order valence-electron chi connectivity index (χ3n) is 3.61. The third-order valence-corrected chi connectivity index (χ3v) is 3.61. The van der Waals surface area contributed by atoms with Crippen molar-refractivity contribution in [2.75, 3.05) is 0 Å². The average Bonchev–Trinajstić information content (AvgIpc) is 2.75. The Bertz CT molecular complexity index is 646. The van der Waals surface area contributed by atoms with E-state index < -0.39 is 12.1 Å². The summed E-state index contributed by atoms with van der Waals surface area (Å²) >= 11 is 0. The van der Waals surface area contributed by atoms with Crippen LogP contribution < -0.4 is 0 Å². The van der Waals surface area contributed by atoms with E-state index in [1.54, 1.807) is 25.1 Å². The van der Waals surface area contributed by atoms with Gasteiger partial charge < -0.3 is 14.8 Å². The summed E-state index contributed by atoms with van der Waals surface area (Å²) in [6.07, 6.45) is 2.01. The molecule has 21 heavy (non-hydrogen) atoms. The fourth-order valence-corrected chi connectivity index (χ4v) is 2.77. The van der Waals surface area contributed by atoms with Crippen LogP contribution in [0.5, 0.6) is 0 Å². The Morgan fingerprint density at radius 2 is 2.10 bits per heavy atom. The summed E-state index contributed by atoms with van der Waals surface area (Å²) in [5, 5.41) is 18.8. The maximum Gasteiger partial charge on any atom is 0.335 e. The minimum absolute atomic E-state index is 0.0700.